The Morgan fingerprint density at radius 3 is 2.71 bits per heavy atom. The van der Waals surface area contributed by atoms with Crippen molar-refractivity contribution in [2.24, 2.45) is 0 Å². The Balaban J connectivity index is 2.69. The summed E-state index contributed by atoms with van der Waals surface area (Å²) in [5.41, 5.74) is -0.144. The first-order valence-electron chi connectivity index (χ1n) is 4.35. The molecule has 0 aliphatic rings. The number of thiazole rings is 1. The van der Waals surface area contributed by atoms with Gasteiger partial charge in [-0.25, -0.2) is 9.78 Å². The largest absolute Gasteiger partial charge is 0.471 e. The van der Waals surface area contributed by atoms with Gasteiger partial charge in [0.15, 0.2) is 10.8 Å². The van der Waals surface area contributed by atoms with Gasteiger partial charge in [0, 0.05) is 5.38 Å². The zero-order valence-electron chi connectivity index (χ0n) is 8.50. The number of esters is 1. The minimum atomic E-state index is -4.99. The second kappa shape index (κ2) is 5.13. The van der Waals surface area contributed by atoms with E-state index in [0.29, 0.717) is 11.3 Å². The number of aromatic nitrogens is 1. The fraction of sp³-hybridized carbons (Fsp3) is 0.375. The molecular weight excluding hydrogens is 261 g/mol. The number of amides is 1. The van der Waals surface area contributed by atoms with Crippen LogP contribution in [0, 0.1) is 0 Å². The lowest BCUT2D eigenvalue weighted by atomic mass is 10.5. The lowest BCUT2D eigenvalue weighted by Gasteiger charge is -2.04. The lowest BCUT2D eigenvalue weighted by Crippen LogP contribution is -2.29. The quantitative estimate of drug-likeness (QED) is 0.849. The summed E-state index contributed by atoms with van der Waals surface area (Å²) in [5.74, 6) is -2.89. The van der Waals surface area contributed by atoms with E-state index in [9.17, 15) is 22.8 Å². The molecule has 0 spiro atoms. The molecule has 0 saturated carbocycles. The molecule has 1 aromatic rings. The van der Waals surface area contributed by atoms with Gasteiger partial charge in [0.1, 0.15) is 0 Å². The van der Waals surface area contributed by atoms with E-state index < -0.39 is 18.1 Å². The van der Waals surface area contributed by atoms with Gasteiger partial charge in [0.2, 0.25) is 0 Å². The van der Waals surface area contributed by atoms with E-state index in [1.54, 1.807) is 6.92 Å². The summed E-state index contributed by atoms with van der Waals surface area (Å²) in [6.45, 7) is 1.71. The van der Waals surface area contributed by atoms with Crippen LogP contribution >= 0.6 is 11.3 Å². The Morgan fingerprint density at radius 2 is 2.18 bits per heavy atom. The first-order chi connectivity index (χ1) is 7.84. The van der Waals surface area contributed by atoms with Crippen molar-refractivity contribution >= 4 is 28.3 Å². The van der Waals surface area contributed by atoms with Gasteiger partial charge in [0.25, 0.3) is 0 Å². The molecule has 5 nitrogen and oxygen atoms in total. The second-order valence-electron chi connectivity index (χ2n) is 2.71. The standard InChI is InChI=1S/C8H7F3N2O3S/c1-2-16-5(14)4-3-17-7(12-4)13-6(15)8(9,10)11/h3H,2H2,1H3,(H,12,13,15). The van der Waals surface area contributed by atoms with Crippen LogP contribution < -0.4 is 5.32 Å². The first kappa shape index (κ1) is 13.4. The number of nitrogens with one attached hydrogen (secondary N) is 1. The number of anilines is 1. The molecule has 1 heterocycles. The molecule has 1 rings (SSSR count). The number of halogens is 3. The maximum absolute atomic E-state index is 11.9. The number of hydrogen-bond acceptors (Lipinski definition) is 5. The summed E-state index contributed by atoms with van der Waals surface area (Å²) >= 11 is 0.704. The van der Waals surface area contributed by atoms with Gasteiger partial charge in [-0.3, -0.25) is 10.1 Å². The van der Waals surface area contributed by atoms with Gasteiger partial charge >= 0.3 is 18.1 Å². The minimum Gasteiger partial charge on any atom is -0.461 e. The van der Waals surface area contributed by atoms with Crippen molar-refractivity contribution in [3.05, 3.63) is 11.1 Å². The van der Waals surface area contributed by atoms with Crippen LogP contribution in [0.3, 0.4) is 0 Å². The van der Waals surface area contributed by atoms with Gasteiger partial charge in [-0.05, 0) is 6.92 Å². The second-order valence-corrected chi connectivity index (χ2v) is 3.57. The van der Waals surface area contributed by atoms with Crippen molar-refractivity contribution in [2.75, 3.05) is 11.9 Å². The van der Waals surface area contributed by atoms with Gasteiger partial charge in [0.05, 0.1) is 6.61 Å². The highest BCUT2D eigenvalue weighted by Crippen LogP contribution is 2.21. The van der Waals surface area contributed by atoms with E-state index in [1.807, 2.05) is 0 Å². The lowest BCUT2D eigenvalue weighted by molar-refractivity contribution is -0.167. The van der Waals surface area contributed by atoms with Crippen LogP contribution in [-0.2, 0) is 9.53 Å². The average Bonchev–Trinajstić information content (AvgIpc) is 2.65. The van der Waals surface area contributed by atoms with Crippen molar-refractivity contribution in [2.45, 2.75) is 13.1 Å². The smallest absolute Gasteiger partial charge is 0.461 e. The molecule has 17 heavy (non-hydrogen) atoms. The minimum absolute atomic E-state index is 0.126. The van der Waals surface area contributed by atoms with E-state index in [2.05, 4.69) is 9.72 Å². The van der Waals surface area contributed by atoms with Crippen molar-refractivity contribution in [1.29, 1.82) is 0 Å². The molecule has 0 aliphatic heterocycles. The highest BCUT2D eigenvalue weighted by atomic mass is 32.1. The molecule has 0 bridgehead atoms. The van der Waals surface area contributed by atoms with Gasteiger partial charge < -0.3 is 4.74 Å². The molecule has 0 saturated heterocycles. The van der Waals surface area contributed by atoms with Gasteiger partial charge in [-0.2, -0.15) is 13.2 Å². The zero-order chi connectivity index (χ0) is 13.1. The van der Waals surface area contributed by atoms with E-state index in [1.165, 1.54) is 10.7 Å². The number of hydrogen-bond donors (Lipinski definition) is 1. The highest BCUT2D eigenvalue weighted by Gasteiger charge is 2.39. The number of ether oxygens (including phenoxy) is 1. The van der Waals surface area contributed by atoms with Crippen LogP contribution in [0.25, 0.3) is 0 Å². The highest BCUT2D eigenvalue weighted by molar-refractivity contribution is 7.14. The SMILES string of the molecule is CCOC(=O)c1csc(NC(=O)C(F)(F)F)n1. The maximum Gasteiger partial charge on any atom is 0.471 e. The third kappa shape index (κ3) is 3.70. The molecule has 0 radical (unpaired) electrons. The van der Waals surface area contributed by atoms with Crippen LogP contribution in [0.2, 0.25) is 0 Å². The maximum atomic E-state index is 11.9. The third-order valence-corrected chi connectivity index (χ3v) is 2.22. The average molecular weight is 268 g/mol. The third-order valence-electron chi connectivity index (χ3n) is 1.47. The van der Waals surface area contributed by atoms with Crippen LogP contribution in [-0.4, -0.2) is 29.6 Å². The molecule has 1 aromatic heterocycles. The van der Waals surface area contributed by atoms with E-state index in [-0.39, 0.29) is 17.4 Å². The molecule has 0 aromatic carbocycles. The number of carbonyl (C=O) groups excluding carboxylic acids is 2. The molecule has 0 fully saturated rings. The Bertz CT molecular complexity index is 430. The summed E-state index contributed by atoms with van der Waals surface area (Å²) in [4.78, 5) is 25.2. The van der Waals surface area contributed by atoms with Crippen LogP contribution in [0.15, 0.2) is 5.38 Å². The van der Waals surface area contributed by atoms with Crippen molar-refractivity contribution in [1.82, 2.24) is 4.98 Å². The summed E-state index contributed by atoms with van der Waals surface area (Å²) in [7, 11) is 0. The Labute approximate surface area is 97.6 Å². The molecule has 0 unspecified atom stereocenters. The number of rotatable bonds is 3. The molecule has 1 amide bonds. The predicted octanol–water partition coefficient (Wildman–Crippen LogP) is 1.82. The fourth-order valence-corrected chi connectivity index (χ4v) is 1.47. The van der Waals surface area contributed by atoms with E-state index in [0.717, 1.165) is 0 Å². The summed E-state index contributed by atoms with van der Waals surface area (Å²) in [6.07, 6.45) is -4.99. The van der Waals surface area contributed by atoms with Crippen LogP contribution in [0.1, 0.15) is 17.4 Å². The van der Waals surface area contributed by atoms with Crippen molar-refractivity contribution in [3.8, 4) is 0 Å². The topological polar surface area (TPSA) is 68.3 Å². The predicted molar refractivity (Wildman–Crippen MR) is 52.8 cm³/mol. The number of nitrogens with zero attached hydrogens (tertiary/aromatic N) is 1. The molecule has 94 valence electrons. The summed E-state index contributed by atoms with van der Waals surface area (Å²) in [6, 6.07) is 0. The van der Waals surface area contributed by atoms with E-state index >= 15 is 0 Å². The Kier molecular flexibility index (Phi) is 4.05. The first-order valence-corrected chi connectivity index (χ1v) is 5.23. The molecular formula is C8H7F3N2O3S. The zero-order valence-corrected chi connectivity index (χ0v) is 9.32. The Morgan fingerprint density at radius 1 is 1.53 bits per heavy atom. The monoisotopic (exact) mass is 268 g/mol. The van der Waals surface area contributed by atoms with E-state index in [4.69, 9.17) is 0 Å². The summed E-state index contributed by atoms with van der Waals surface area (Å²) < 4.78 is 40.3. The summed E-state index contributed by atoms with van der Waals surface area (Å²) in [5, 5.41) is 2.42. The van der Waals surface area contributed by atoms with Crippen molar-refractivity contribution in [3.63, 3.8) is 0 Å². The van der Waals surface area contributed by atoms with Crippen LogP contribution in [0.4, 0.5) is 18.3 Å². The molecule has 0 atom stereocenters. The normalized spacial score (nSPS) is 11.1. The molecule has 1 N–H and O–H groups in total. The fourth-order valence-electron chi connectivity index (χ4n) is 0.798. The molecule has 9 heteroatoms. The van der Waals surface area contributed by atoms with Gasteiger partial charge in [-0.1, -0.05) is 0 Å². The van der Waals surface area contributed by atoms with Gasteiger partial charge in [-0.15, -0.1) is 11.3 Å². The number of alkyl halides is 3. The Hall–Kier alpha value is -1.64. The number of carbonyl (C=O) groups is 2. The molecule has 0 aliphatic carbocycles. The van der Waals surface area contributed by atoms with Crippen LogP contribution in [0.5, 0.6) is 0 Å². The van der Waals surface area contributed by atoms with Crippen molar-refractivity contribution < 1.29 is 27.5 Å².